The minimum Gasteiger partial charge on any atom is -0.508 e. The second-order valence-corrected chi connectivity index (χ2v) is 19.1. The quantitative estimate of drug-likeness (QED) is 0.0199. The maximum absolute atomic E-state index is 14.0. The number of hydrogen-bond acceptors (Lipinski definition) is 15. The van der Waals surface area contributed by atoms with Gasteiger partial charge in [-0.3, -0.25) is 52.9 Å². The second-order valence-electron chi connectivity index (χ2n) is 19.1. The van der Waals surface area contributed by atoms with Crippen LogP contribution in [-0.4, -0.2) is 170 Å². The van der Waals surface area contributed by atoms with Gasteiger partial charge in [0.15, 0.2) is 5.96 Å². The molecule has 0 bridgehead atoms. The SMILES string of the molecule is CC(C)C[C@H](NC(=O)[C@H](CCC(=O)O)NC(=O)CNC(=O)[C@H](CCCN=C(N)N)NC(=O)[C@@H]1CCCN1C(=O)[C@H](C)NC(=O)[C@H](Cc1ccc(O)cc1)NC(=O)[C@@H](N)CCC(=O)O)C(=O)N[C@@H](Cc1ccc(O)cc1)C(=O)O. The lowest BCUT2D eigenvalue weighted by atomic mass is 10.0. The summed E-state index contributed by atoms with van der Waals surface area (Å²) in [6.07, 6.45) is -1.56. The Morgan fingerprint density at radius 1 is 0.628 bits per heavy atom. The van der Waals surface area contributed by atoms with Crippen molar-refractivity contribution in [3.8, 4) is 11.5 Å². The minimum absolute atomic E-state index is 0.00235. The van der Waals surface area contributed by atoms with Crippen LogP contribution in [0.3, 0.4) is 0 Å². The zero-order chi connectivity index (χ0) is 58.2. The molecule has 78 heavy (non-hydrogen) atoms. The molecule has 0 saturated carbocycles. The van der Waals surface area contributed by atoms with E-state index in [9.17, 15) is 73.2 Å². The summed E-state index contributed by atoms with van der Waals surface area (Å²) >= 11 is 0. The summed E-state index contributed by atoms with van der Waals surface area (Å²) in [6.45, 7) is 4.08. The number of aromatic hydroxyl groups is 2. The number of rotatable bonds is 32. The first kappa shape index (κ1) is 63.7. The Bertz CT molecular complexity index is 2470. The number of carbonyl (C=O) groups excluding carboxylic acids is 8. The lowest BCUT2D eigenvalue weighted by molar-refractivity contribution is -0.142. The molecule has 8 atom stereocenters. The van der Waals surface area contributed by atoms with Crippen LogP contribution in [-0.2, 0) is 65.6 Å². The van der Waals surface area contributed by atoms with Gasteiger partial charge in [0.2, 0.25) is 47.3 Å². The molecule has 428 valence electrons. The molecule has 0 aliphatic carbocycles. The van der Waals surface area contributed by atoms with Crippen LogP contribution in [0.5, 0.6) is 11.5 Å². The van der Waals surface area contributed by atoms with Crippen LogP contribution in [0.4, 0.5) is 0 Å². The number of carboxylic acid groups (broad SMARTS) is 3. The van der Waals surface area contributed by atoms with Crippen molar-refractivity contribution in [1.29, 1.82) is 0 Å². The van der Waals surface area contributed by atoms with Crippen LogP contribution in [0.2, 0.25) is 0 Å². The van der Waals surface area contributed by atoms with Crippen LogP contribution >= 0.6 is 0 Å². The van der Waals surface area contributed by atoms with Crippen LogP contribution in [0.25, 0.3) is 0 Å². The predicted molar refractivity (Wildman–Crippen MR) is 277 cm³/mol. The van der Waals surface area contributed by atoms with Crippen molar-refractivity contribution in [2.45, 2.75) is 140 Å². The monoisotopic (exact) mass is 1100 g/mol. The van der Waals surface area contributed by atoms with Crippen molar-refractivity contribution in [3.05, 3.63) is 59.7 Å². The Morgan fingerprint density at radius 2 is 1.14 bits per heavy atom. The maximum Gasteiger partial charge on any atom is 0.326 e. The second kappa shape index (κ2) is 31.5. The van der Waals surface area contributed by atoms with Crippen LogP contribution < -0.4 is 54.4 Å². The summed E-state index contributed by atoms with van der Waals surface area (Å²) in [4.78, 5) is 149. The van der Waals surface area contributed by atoms with Crippen LogP contribution in [0, 0.1) is 5.92 Å². The van der Waals surface area contributed by atoms with E-state index >= 15 is 0 Å². The highest BCUT2D eigenvalue weighted by molar-refractivity contribution is 5.98. The molecular weight excluding hydrogens is 1020 g/mol. The van der Waals surface area contributed by atoms with Gasteiger partial charge < -0.3 is 84.9 Å². The van der Waals surface area contributed by atoms with Crippen LogP contribution in [0.1, 0.15) is 89.7 Å². The number of benzene rings is 2. The minimum atomic E-state index is -1.58. The Morgan fingerprint density at radius 3 is 1.69 bits per heavy atom. The fourth-order valence-corrected chi connectivity index (χ4v) is 8.12. The highest BCUT2D eigenvalue weighted by atomic mass is 16.4. The van der Waals surface area contributed by atoms with E-state index in [4.69, 9.17) is 22.3 Å². The molecule has 1 aliphatic rings. The molecular formula is C50H72N12O16. The molecule has 0 aromatic heterocycles. The third kappa shape index (κ3) is 22.3. The standard InChI is InChI=1S/C50H72N12O16/c1-26(2)22-35(46(74)61-37(49(77)78)24-29-10-14-31(64)15-11-29)60-44(72)34(17-19-41(68)69)57-39(65)25-55-43(71)33(6-4-20-54-50(52)53)58-47(75)38-7-5-21-62(38)48(76)27(3)56-45(73)36(23-28-8-12-30(63)13-9-28)59-42(70)32(51)16-18-40(66)67/h8-15,26-27,32-38,63-64H,4-7,16-25,51H2,1-3H3,(H,55,71)(H,56,73)(H,57,65)(H,58,75)(H,59,70)(H,60,72)(H,61,74)(H,66,67)(H,68,69)(H,77,78)(H4,52,53,54)/t27-,32-,33-,34-,35-,36-,37-,38-/m0/s1. The number of carboxylic acids is 3. The molecule has 28 heteroatoms. The molecule has 1 heterocycles. The summed E-state index contributed by atoms with van der Waals surface area (Å²) in [5.41, 5.74) is 17.8. The van der Waals surface area contributed by atoms with Gasteiger partial charge in [0.25, 0.3) is 0 Å². The molecule has 2 aromatic rings. The zero-order valence-corrected chi connectivity index (χ0v) is 43.6. The molecule has 18 N–H and O–H groups in total. The molecule has 0 unspecified atom stereocenters. The van der Waals surface area contributed by atoms with Crippen molar-refractivity contribution in [2.75, 3.05) is 19.6 Å². The van der Waals surface area contributed by atoms with E-state index in [-0.39, 0.29) is 81.4 Å². The summed E-state index contributed by atoms with van der Waals surface area (Å²) in [5.74, 6) is -11.4. The van der Waals surface area contributed by atoms with E-state index in [2.05, 4.69) is 42.2 Å². The fourth-order valence-electron chi connectivity index (χ4n) is 8.12. The van der Waals surface area contributed by atoms with E-state index < -0.39 is 139 Å². The number of likely N-dealkylation sites (tertiary alicyclic amines) is 1. The maximum atomic E-state index is 14.0. The topological polar surface area (TPSA) is 467 Å². The third-order valence-electron chi connectivity index (χ3n) is 12.2. The molecule has 3 rings (SSSR count). The van der Waals surface area contributed by atoms with Crippen molar-refractivity contribution in [2.24, 2.45) is 28.1 Å². The summed E-state index contributed by atoms with van der Waals surface area (Å²) < 4.78 is 0. The first-order valence-corrected chi connectivity index (χ1v) is 25.2. The number of nitrogens with two attached hydrogens (primary N) is 3. The Labute approximate surface area is 449 Å². The molecule has 1 fully saturated rings. The van der Waals surface area contributed by atoms with Crippen molar-refractivity contribution < 1.29 is 78.3 Å². The molecule has 2 aromatic carbocycles. The lowest BCUT2D eigenvalue weighted by Gasteiger charge is -2.29. The van der Waals surface area contributed by atoms with Gasteiger partial charge in [-0.2, -0.15) is 0 Å². The number of phenols is 2. The van der Waals surface area contributed by atoms with Crippen molar-refractivity contribution >= 4 is 71.1 Å². The molecule has 28 nitrogen and oxygen atoms in total. The number of hydrogen-bond donors (Lipinski definition) is 15. The molecule has 0 radical (unpaired) electrons. The van der Waals surface area contributed by atoms with Crippen molar-refractivity contribution in [1.82, 2.24) is 42.1 Å². The number of phenolic OH excluding ortho intramolecular Hbond substituents is 2. The largest absolute Gasteiger partial charge is 0.508 e. The van der Waals surface area contributed by atoms with E-state index in [0.717, 1.165) is 0 Å². The molecule has 1 saturated heterocycles. The average molecular weight is 1100 g/mol. The van der Waals surface area contributed by atoms with Gasteiger partial charge >= 0.3 is 17.9 Å². The number of aliphatic imine (C=N–C) groups is 1. The van der Waals surface area contributed by atoms with E-state index in [1.807, 2.05) is 0 Å². The number of aliphatic carboxylic acids is 3. The number of nitrogens with one attached hydrogen (secondary N) is 7. The molecule has 1 aliphatic heterocycles. The summed E-state index contributed by atoms with van der Waals surface area (Å²) in [6, 6.07) is 0.529. The van der Waals surface area contributed by atoms with Gasteiger partial charge in [0.05, 0.1) is 12.6 Å². The van der Waals surface area contributed by atoms with E-state index in [0.29, 0.717) is 17.5 Å². The third-order valence-corrected chi connectivity index (χ3v) is 12.2. The van der Waals surface area contributed by atoms with E-state index in [1.54, 1.807) is 13.8 Å². The lowest BCUT2D eigenvalue weighted by Crippen LogP contribution is -2.58. The van der Waals surface area contributed by atoms with E-state index in [1.165, 1.54) is 60.4 Å². The van der Waals surface area contributed by atoms with Gasteiger partial charge in [-0.15, -0.1) is 0 Å². The number of nitrogens with zero attached hydrogens (tertiary/aromatic N) is 2. The predicted octanol–water partition coefficient (Wildman–Crippen LogP) is -2.84. The van der Waals surface area contributed by atoms with Gasteiger partial charge in [0.1, 0.15) is 53.8 Å². The Hall–Kier alpha value is -8.56. The molecule has 8 amide bonds. The highest BCUT2D eigenvalue weighted by Gasteiger charge is 2.39. The zero-order valence-electron chi connectivity index (χ0n) is 43.6. The molecule has 0 spiro atoms. The smallest absolute Gasteiger partial charge is 0.326 e. The number of carbonyl (C=O) groups is 11. The van der Waals surface area contributed by atoms with Gasteiger partial charge in [-0.25, -0.2) is 4.79 Å². The van der Waals surface area contributed by atoms with Gasteiger partial charge in [-0.1, -0.05) is 38.1 Å². The Balaban J connectivity index is 1.74. The highest BCUT2D eigenvalue weighted by Crippen LogP contribution is 2.20. The Kier molecular flexibility index (Phi) is 25.7. The first-order valence-electron chi connectivity index (χ1n) is 25.2. The fraction of sp³-hybridized carbons (Fsp3) is 0.520. The van der Waals surface area contributed by atoms with Gasteiger partial charge in [-0.05, 0) is 93.2 Å². The average Bonchev–Trinajstić information content (AvgIpc) is 3.87. The first-order chi connectivity index (χ1) is 36.7. The van der Waals surface area contributed by atoms with Crippen molar-refractivity contribution in [3.63, 3.8) is 0 Å². The normalized spacial score (nSPS) is 15.6. The van der Waals surface area contributed by atoms with Crippen LogP contribution in [0.15, 0.2) is 53.5 Å². The van der Waals surface area contributed by atoms with Gasteiger partial charge in [0, 0.05) is 38.8 Å². The summed E-state index contributed by atoms with van der Waals surface area (Å²) in [7, 11) is 0. The number of guanidine groups is 1. The summed E-state index contributed by atoms with van der Waals surface area (Å²) in [5, 5.41) is 65.0. The number of amides is 8.